The minimum absolute atomic E-state index is 0.0427. The molecule has 0 bridgehead atoms. The number of likely N-dealkylation sites (N-methyl/N-ethyl adjacent to an activating group) is 1. The number of carbonyl (C=O) groups excluding carboxylic acids is 2. The Hall–Kier alpha value is -2.63. The van der Waals surface area contributed by atoms with E-state index in [1.807, 2.05) is 31.2 Å². The van der Waals surface area contributed by atoms with Crippen LogP contribution < -0.4 is 5.32 Å². The first-order valence-electron chi connectivity index (χ1n) is 8.15. The number of nitrogens with one attached hydrogen (secondary N) is 1. The number of likely N-dealkylation sites (tertiary alicyclic amines) is 1. The van der Waals surface area contributed by atoms with Crippen LogP contribution in [-0.4, -0.2) is 46.6 Å². The smallest absolute Gasteiger partial charge is 0.253 e. The third kappa shape index (κ3) is 2.79. The normalized spacial score (nSPS) is 20.7. The molecule has 6 nitrogen and oxygen atoms in total. The van der Waals surface area contributed by atoms with E-state index < -0.39 is 5.54 Å². The number of benzene rings is 1. The maximum absolute atomic E-state index is 12.9. The predicted octanol–water partition coefficient (Wildman–Crippen LogP) is 1.57. The summed E-state index contributed by atoms with van der Waals surface area (Å²) >= 11 is 0. The lowest BCUT2D eigenvalue weighted by Crippen LogP contribution is -2.59. The average molecular weight is 326 g/mol. The summed E-state index contributed by atoms with van der Waals surface area (Å²) in [5.74, 6) is -0.160. The van der Waals surface area contributed by atoms with Gasteiger partial charge < -0.3 is 10.2 Å². The minimum Gasteiger partial charge on any atom is -0.357 e. The first-order chi connectivity index (χ1) is 11.6. The standard InChI is InChI=1S/C18H22N4O2/c1-14-6-3-7-15(12-14)16(23)21-10-4-8-18(13-21,17(24)19-2)22-11-5-9-20-22/h3,5-7,9,11-12H,4,8,10,13H2,1-2H3,(H,19,24). The quantitative estimate of drug-likeness (QED) is 0.931. The van der Waals surface area contributed by atoms with Crippen molar-refractivity contribution in [2.24, 2.45) is 0 Å². The van der Waals surface area contributed by atoms with Crippen LogP contribution in [0.4, 0.5) is 0 Å². The second-order valence-electron chi connectivity index (χ2n) is 6.26. The molecule has 3 rings (SSSR count). The Balaban J connectivity index is 1.92. The SMILES string of the molecule is CNC(=O)C1(n2cccn2)CCCN(C(=O)c2cccc(C)c2)C1. The predicted molar refractivity (Wildman–Crippen MR) is 90.6 cm³/mol. The fraction of sp³-hybridized carbons (Fsp3) is 0.389. The van der Waals surface area contributed by atoms with Crippen molar-refractivity contribution in [2.45, 2.75) is 25.3 Å². The Morgan fingerprint density at radius 3 is 2.79 bits per heavy atom. The monoisotopic (exact) mass is 326 g/mol. The van der Waals surface area contributed by atoms with Gasteiger partial charge in [0.2, 0.25) is 5.91 Å². The summed E-state index contributed by atoms with van der Waals surface area (Å²) in [6.45, 7) is 2.93. The van der Waals surface area contributed by atoms with E-state index in [1.54, 1.807) is 35.1 Å². The van der Waals surface area contributed by atoms with Crippen LogP contribution >= 0.6 is 0 Å². The van der Waals surface area contributed by atoms with Crippen molar-refractivity contribution in [1.29, 1.82) is 0 Å². The summed E-state index contributed by atoms with van der Waals surface area (Å²) in [6, 6.07) is 9.34. The number of hydrogen-bond acceptors (Lipinski definition) is 3. The van der Waals surface area contributed by atoms with Crippen molar-refractivity contribution in [3.8, 4) is 0 Å². The Kier molecular flexibility index (Phi) is 4.38. The first-order valence-corrected chi connectivity index (χ1v) is 8.15. The molecule has 126 valence electrons. The molecule has 0 saturated carbocycles. The first kappa shape index (κ1) is 16.2. The van der Waals surface area contributed by atoms with Crippen LogP contribution in [0.1, 0.15) is 28.8 Å². The van der Waals surface area contributed by atoms with Gasteiger partial charge in [-0.15, -0.1) is 0 Å². The van der Waals surface area contributed by atoms with Crippen LogP contribution in [0.2, 0.25) is 0 Å². The highest BCUT2D eigenvalue weighted by Crippen LogP contribution is 2.29. The van der Waals surface area contributed by atoms with E-state index in [2.05, 4.69) is 10.4 Å². The van der Waals surface area contributed by atoms with E-state index in [4.69, 9.17) is 0 Å². The number of aromatic nitrogens is 2. The van der Waals surface area contributed by atoms with Gasteiger partial charge in [0.05, 0.1) is 6.54 Å². The third-order valence-electron chi connectivity index (χ3n) is 4.62. The van der Waals surface area contributed by atoms with Gasteiger partial charge >= 0.3 is 0 Å². The number of nitrogens with zero attached hydrogens (tertiary/aromatic N) is 3. The highest BCUT2D eigenvalue weighted by atomic mass is 16.2. The molecule has 0 spiro atoms. The van der Waals surface area contributed by atoms with Crippen molar-refractivity contribution in [3.63, 3.8) is 0 Å². The number of aryl methyl sites for hydroxylation is 1. The summed E-state index contributed by atoms with van der Waals surface area (Å²) in [6.07, 6.45) is 4.86. The van der Waals surface area contributed by atoms with E-state index in [0.717, 1.165) is 12.0 Å². The van der Waals surface area contributed by atoms with Gasteiger partial charge in [-0.2, -0.15) is 5.10 Å². The van der Waals surface area contributed by atoms with Gasteiger partial charge in [-0.1, -0.05) is 17.7 Å². The van der Waals surface area contributed by atoms with Gasteiger partial charge in [0, 0.05) is 31.5 Å². The highest BCUT2D eigenvalue weighted by Gasteiger charge is 2.45. The summed E-state index contributed by atoms with van der Waals surface area (Å²) in [5.41, 5.74) is 0.848. The lowest BCUT2D eigenvalue weighted by molar-refractivity contribution is -0.132. The van der Waals surface area contributed by atoms with E-state index in [9.17, 15) is 9.59 Å². The molecule has 24 heavy (non-hydrogen) atoms. The summed E-state index contributed by atoms with van der Waals surface area (Å²) in [7, 11) is 1.62. The Morgan fingerprint density at radius 2 is 2.12 bits per heavy atom. The number of piperidine rings is 1. The van der Waals surface area contributed by atoms with Crippen molar-refractivity contribution in [1.82, 2.24) is 20.0 Å². The van der Waals surface area contributed by atoms with Crippen LogP contribution in [0.3, 0.4) is 0 Å². The molecule has 1 N–H and O–H groups in total. The van der Waals surface area contributed by atoms with Crippen molar-refractivity contribution >= 4 is 11.8 Å². The van der Waals surface area contributed by atoms with Crippen LogP contribution in [0, 0.1) is 6.92 Å². The molecular weight excluding hydrogens is 304 g/mol. The number of amides is 2. The zero-order valence-electron chi connectivity index (χ0n) is 14.0. The Morgan fingerprint density at radius 1 is 1.29 bits per heavy atom. The van der Waals surface area contributed by atoms with Gasteiger partial charge in [-0.25, -0.2) is 0 Å². The molecular formula is C18H22N4O2. The van der Waals surface area contributed by atoms with Crippen LogP contribution in [0.15, 0.2) is 42.7 Å². The second kappa shape index (κ2) is 6.47. The maximum Gasteiger partial charge on any atom is 0.253 e. The molecule has 1 aliphatic heterocycles. The van der Waals surface area contributed by atoms with Crippen molar-refractivity contribution < 1.29 is 9.59 Å². The van der Waals surface area contributed by atoms with Crippen molar-refractivity contribution in [2.75, 3.05) is 20.1 Å². The number of hydrogen-bond donors (Lipinski definition) is 1. The zero-order valence-corrected chi connectivity index (χ0v) is 14.0. The molecule has 1 atom stereocenters. The van der Waals surface area contributed by atoms with E-state index >= 15 is 0 Å². The summed E-state index contributed by atoms with van der Waals surface area (Å²) in [5, 5.41) is 7.01. The number of carbonyl (C=O) groups is 2. The zero-order chi connectivity index (χ0) is 17.2. The van der Waals surface area contributed by atoms with Gasteiger partial charge in [0.25, 0.3) is 5.91 Å². The lowest BCUT2D eigenvalue weighted by atomic mass is 9.87. The molecule has 2 amide bonds. The van der Waals surface area contributed by atoms with Gasteiger partial charge in [0.15, 0.2) is 5.54 Å². The Labute approximate surface area is 141 Å². The van der Waals surface area contributed by atoms with E-state index in [0.29, 0.717) is 25.1 Å². The molecule has 0 radical (unpaired) electrons. The largest absolute Gasteiger partial charge is 0.357 e. The minimum atomic E-state index is -0.851. The maximum atomic E-state index is 12.9. The molecule has 2 heterocycles. The van der Waals surface area contributed by atoms with E-state index in [1.165, 1.54) is 0 Å². The molecule has 1 aliphatic rings. The van der Waals surface area contributed by atoms with Gasteiger partial charge in [-0.05, 0) is 38.0 Å². The van der Waals surface area contributed by atoms with Crippen LogP contribution in [0.25, 0.3) is 0 Å². The molecule has 1 fully saturated rings. The topological polar surface area (TPSA) is 67.2 Å². The number of rotatable bonds is 3. The third-order valence-corrected chi connectivity index (χ3v) is 4.62. The van der Waals surface area contributed by atoms with Gasteiger partial charge in [0.1, 0.15) is 0 Å². The van der Waals surface area contributed by atoms with Crippen molar-refractivity contribution in [3.05, 3.63) is 53.9 Å². The summed E-state index contributed by atoms with van der Waals surface area (Å²) < 4.78 is 1.68. The second-order valence-corrected chi connectivity index (χ2v) is 6.26. The van der Waals surface area contributed by atoms with Crippen LogP contribution in [0.5, 0.6) is 0 Å². The fourth-order valence-corrected chi connectivity index (χ4v) is 3.40. The lowest BCUT2D eigenvalue weighted by Gasteiger charge is -2.41. The van der Waals surface area contributed by atoms with Crippen LogP contribution in [-0.2, 0) is 10.3 Å². The molecule has 0 aliphatic carbocycles. The summed E-state index contributed by atoms with van der Waals surface area (Å²) in [4.78, 5) is 27.3. The molecule has 1 aromatic carbocycles. The molecule has 6 heteroatoms. The molecule has 1 aromatic heterocycles. The molecule has 2 aromatic rings. The van der Waals surface area contributed by atoms with Gasteiger partial charge in [-0.3, -0.25) is 14.3 Å². The fourth-order valence-electron chi connectivity index (χ4n) is 3.40. The Bertz CT molecular complexity index is 741. The molecule has 1 unspecified atom stereocenters. The van der Waals surface area contributed by atoms with E-state index in [-0.39, 0.29) is 11.8 Å². The average Bonchev–Trinajstić information content (AvgIpc) is 3.15. The molecule has 1 saturated heterocycles. The highest BCUT2D eigenvalue weighted by molar-refractivity contribution is 5.95.